The number of para-hydroxylation sites is 1. The lowest BCUT2D eigenvalue weighted by molar-refractivity contribution is -0.130. The van der Waals surface area contributed by atoms with Crippen LogP contribution in [-0.4, -0.2) is 19.5 Å². The third kappa shape index (κ3) is 5.32. The fraction of sp³-hybridized carbons (Fsp3) is 0.125. The zero-order valence-electron chi connectivity index (χ0n) is 17.1. The number of rotatable bonds is 8. The molecule has 0 aromatic heterocycles. The molecule has 0 radical (unpaired) electrons. The first-order chi connectivity index (χ1) is 14.8. The highest BCUT2D eigenvalue weighted by atomic mass is 32.2. The van der Waals surface area contributed by atoms with Gasteiger partial charge in [-0.25, -0.2) is 4.79 Å². The molecule has 0 heterocycles. The second kappa shape index (κ2) is 9.49. The van der Waals surface area contributed by atoms with E-state index in [0.717, 1.165) is 5.57 Å². The maximum atomic E-state index is 12.5. The smallest absolute Gasteiger partial charge is 0.339 e. The van der Waals surface area contributed by atoms with E-state index < -0.39 is 16.1 Å². The lowest BCUT2D eigenvalue weighted by Gasteiger charge is -2.14. The molecule has 6 nitrogen and oxygen atoms in total. The van der Waals surface area contributed by atoms with Crippen LogP contribution in [0.15, 0.2) is 89.3 Å². The summed E-state index contributed by atoms with van der Waals surface area (Å²) in [5.41, 5.74) is 1.34. The molecule has 0 spiro atoms. The Morgan fingerprint density at radius 2 is 1.55 bits per heavy atom. The van der Waals surface area contributed by atoms with E-state index in [-0.39, 0.29) is 16.2 Å². The summed E-state index contributed by atoms with van der Waals surface area (Å²) < 4.78 is 36.1. The monoisotopic (exact) mass is 438 g/mol. The molecule has 1 N–H and O–H groups in total. The standard InChI is InChI=1S/C24H22O6S/c1-3-17(2)23(24(25)26)21-14-7-8-15-22(21)29-18-10-9-11-19(16-18)30-31(27,28)20-12-5-4-6-13-20/h4-16H,3H2,1-2H3,(H,25,26)/b23-17-. The molecule has 0 fully saturated rings. The van der Waals surface area contributed by atoms with Crippen LogP contribution in [0.25, 0.3) is 5.57 Å². The van der Waals surface area contributed by atoms with Gasteiger partial charge in [-0.2, -0.15) is 8.42 Å². The minimum absolute atomic E-state index is 0.0398. The summed E-state index contributed by atoms with van der Waals surface area (Å²) in [6.45, 7) is 3.65. The van der Waals surface area contributed by atoms with Crippen molar-refractivity contribution >= 4 is 21.7 Å². The first-order valence-corrected chi connectivity index (χ1v) is 11.0. The SMILES string of the molecule is CC/C(C)=C(\C(=O)O)c1ccccc1Oc1cccc(OS(=O)(=O)c2ccccc2)c1. The van der Waals surface area contributed by atoms with E-state index in [1.165, 1.54) is 24.3 Å². The summed E-state index contributed by atoms with van der Waals surface area (Å²) in [5.74, 6) is -0.304. The van der Waals surface area contributed by atoms with Crippen molar-refractivity contribution in [1.82, 2.24) is 0 Å². The van der Waals surface area contributed by atoms with E-state index in [0.29, 0.717) is 23.5 Å². The van der Waals surface area contributed by atoms with Gasteiger partial charge in [0.15, 0.2) is 0 Å². The summed E-state index contributed by atoms with van der Waals surface area (Å²) >= 11 is 0. The largest absolute Gasteiger partial charge is 0.478 e. The number of hydrogen-bond donors (Lipinski definition) is 1. The molecule has 0 aliphatic carbocycles. The van der Waals surface area contributed by atoms with Gasteiger partial charge < -0.3 is 14.0 Å². The van der Waals surface area contributed by atoms with Crippen LogP contribution in [-0.2, 0) is 14.9 Å². The van der Waals surface area contributed by atoms with Gasteiger partial charge in [-0.05, 0) is 43.7 Å². The molecule has 3 aromatic rings. The third-order valence-corrected chi connectivity index (χ3v) is 5.86. The number of carboxylic acid groups (broad SMARTS) is 1. The molecule has 7 heteroatoms. The Morgan fingerprint density at radius 3 is 2.23 bits per heavy atom. The van der Waals surface area contributed by atoms with Crippen molar-refractivity contribution < 1.29 is 27.2 Å². The van der Waals surface area contributed by atoms with Crippen molar-refractivity contribution in [3.8, 4) is 17.2 Å². The molecule has 3 rings (SSSR count). The van der Waals surface area contributed by atoms with Gasteiger partial charge in [-0.15, -0.1) is 0 Å². The molecule has 0 saturated carbocycles. The molecule has 0 bridgehead atoms. The second-order valence-corrected chi connectivity index (χ2v) is 8.28. The highest BCUT2D eigenvalue weighted by Crippen LogP contribution is 2.34. The fourth-order valence-electron chi connectivity index (χ4n) is 2.95. The van der Waals surface area contributed by atoms with Crippen molar-refractivity contribution in [3.63, 3.8) is 0 Å². The average Bonchev–Trinajstić information content (AvgIpc) is 2.75. The van der Waals surface area contributed by atoms with Crippen LogP contribution in [0.2, 0.25) is 0 Å². The summed E-state index contributed by atoms with van der Waals surface area (Å²) in [7, 11) is -3.99. The third-order valence-electron chi connectivity index (χ3n) is 4.60. The molecule has 0 atom stereocenters. The molecule has 0 saturated heterocycles. The Balaban J connectivity index is 1.92. The fourth-order valence-corrected chi connectivity index (χ4v) is 3.89. The van der Waals surface area contributed by atoms with E-state index >= 15 is 0 Å². The second-order valence-electron chi connectivity index (χ2n) is 6.74. The molecule has 0 aliphatic heterocycles. The van der Waals surface area contributed by atoms with Crippen LogP contribution < -0.4 is 8.92 Å². The first-order valence-electron chi connectivity index (χ1n) is 9.61. The number of carbonyl (C=O) groups is 1. The Kier molecular flexibility index (Phi) is 6.77. The van der Waals surface area contributed by atoms with Crippen molar-refractivity contribution in [1.29, 1.82) is 0 Å². The molecule has 31 heavy (non-hydrogen) atoms. The van der Waals surface area contributed by atoms with Gasteiger partial charge >= 0.3 is 16.1 Å². The Hall–Kier alpha value is -3.58. The predicted molar refractivity (Wildman–Crippen MR) is 118 cm³/mol. The minimum atomic E-state index is -3.99. The molecule has 0 aliphatic rings. The van der Waals surface area contributed by atoms with Crippen LogP contribution in [0.4, 0.5) is 0 Å². The zero-order chi connectivity index (χ0) is 22.4. The van der Waals surface area contributed by atoms with Crippen LogP contribution in [0, 0.1) is 0 Å². The summed E-state index contributed by atoms with van der Waals surface area (Å²) in [6.07, 6.45) is 0.580. The van der Waals surface area contributed by atoms with Crippen molar-refractivity contribution in [3.05, 3.63) is 90.0 Å². The van der Waals surface area contributed by atoms with Crippen molar-refractivity contribution in [2.75, 3.05) is 0 Å². The van der Waals surface area contributed by atoms with Gasteiger partial charge in [-0.3, -0.25) is 0 Å². The van der Waals surface area contributed by atoms with Crippen LogP contribution in [0.3, 0.4) is 0 Å². The Morgan fingerprint density at radius 1 is 0.903 bits per heavy atom. The molecular formula is C24H22O6S. The Labute approximate surface area is 181 Å². The summed E-state index contributed by atoms with van der Waals surface area (Å²) in [5, 5.41) is 9.70. The van der Waals surface area contributed by atoms with E-state index in [1.54, 1.807) is 61.5 Å². The van der Waals surface area contributed by atoms with Gasteiger partial charge in [0, 0.05) is 11.6 Å². The molecular weight excluding hydrogens is 416 g/mol. The van der Waals surface area contributed by atoms with Crippen molar-refractivity contribution in [2.45, 2.75) is 25.2 Å². The minimum Gasteiger partial charge on any atom is -0.478 e. The normalized spacial score (nSPS) is 12.1. The van der Waals surface area contributed by atoms with Crippen LogP contribution >= 0.6 is 0 Å². The average molecular weight is 439 g/mol. The summed E-state index contributed by atoms with van der Waals surface area (Å²) in [6, 6.07) is 20.8. The van der Waals surface area contributed by atoms with Gasteiger partial charge in [0.25, 0.3) is 0 Å². The van der Waals surface area contributed by atoms with E-state index in [9.17, 15) is 18.3 Å². The van der Waals surface area contributed by atoms with Gasteiger partial charge in [0.2, 0.25) is 0 Å². The van der Waals surface area contributed by atoms with E-state index in [4.69, 9.17) is 8.92 Å². The number of allylic oxidation sites excluding steroid dienone is 1. The van der Waals surface area contributed by atoms with Crippen LogP contribution in [0.5, 0.6) is 17.2 Å². The Bertz CT molecular complexity index is 1210. The van der Waals surface area contributed by atoms with Crippen LogP contribution in [0.1, 0.15) is 25.8 Å². The predicted octanol–water partition coefficient (Wildman–Crippen LogP) is 5.51. The molecule has 0 unspecified atom stereocenters. The summed E-state index contributed by atoms with van der Waals surface area (Å²) in [4.78, 5) is 11.9. The maximum absolute atomic E-state index is 12.5. The zero-order valence-corrected chi connectivity index (χ0v) is 17.9. The lowest BCUT2D eigenvalue weighted by atomic mass is 9.98. The van der Waals surface area contributed by atoms with Gasteiger partial charge in [-0.1, -0.05) is 55.0 Å². The van der Waals surface area contributed by atoms with Gasteiger partial charge in [0.05, 0.1) is 5.57 Å². The number of ether oxygens (including phenoxy) is 1. The first kappa shape index (κ1) is 22.1. The molecule has 3 aromatic carbocycles. The number of carboxylic acids is 1. The highest BCUT2D eigenvalue weighted by Gasteiger charge is 2.19. The number of hydrogen-bond acceptors (Lipinski definition) is 5. The number of benzene rings is 3. The topological polar surface area (TPSA) is 89.9 Å². The van der Waals surface area contributed by atoms with E-state index in [1.807, 2.05) is 6.92 Å². The van der Waals surface area contributed by atoms with Crippen molar-refractivity contribution in [2.24, 2.45) is 0 Å². The highest BCUT2D eigenvalue weighted by molar-refractivity contribution is 7.87. The maximum Gasteiger partial charge on any atom is 0.339 e. The van der Waals surface area contributed by atoms with Gasteiger partial charge in [0.1, 0.15) is 22.1 Å². The van der Waals surface area contributed by atoms with E-state index in [2.05, 4.69) is 0 Å². The quantitative estimate of drug-likeness (QED) is 0.368. The lowest BCUT2D eigenvalue weighted by Crippen LogP contribution is -2.09. The molecule has 160 valence electrons. The molecule has 0 amide bonds. The number of aliphatic carboxylic acids is 1.